The maximum Gasteiger partial charge on any atom is 0.311 e. The van der Waals surface area contributed by atoms with Gasteiger partial charge in [0.2, 0.25) is 0 Å². The van der Waals surface area contributed by atoms with Crippen LogP contribution in [0.3, 0.4) is 0 Å². The van der Waals surface area contributed by atoms with Gasteiger partial charge in [0, 0.05) is 41.7 Å². The summed E-state index contributed by atoms with van der Waals surface area (Å²) >= 11 is 1.50. The molecule has 6 rings (SSSR count). The number of benzene rings is 4. The van der Waals surface area contributed by atoms with Gasteiger partial charge in [-0.15, -0.1) is 0 Å². The fourth-order valence-electron chi connectivity index (χ4n) is 5.90. The molecule has 1 aliphatic rings. The van der Waals surface area contributed by atoms with E-state index in [-0.39, 0.29) is 37.6 Å². The molecule has 5 aromatic rings. The fraction of sp³-hybridized carbons (Fsp3) is 0.293. The molecule has 10 heteroatoms. The van der Waals surface area contributed by atoms with Crippen molar-refractivity contribution in [2.24, 2.45) is 0 Å². The lowest BCUT2D eigenvalue weighted by Gasteiger charge is -2.36. The van der Waals surface area contributed by atoms with E-state index < -0.39 is 12.3 Å². The highest BCUT2D eigenvalue weighted by Gasteiger charge is 2.33. The lowest BCUT2D eigenvalue weighted by molar-refractivity contribution is -0.245. The molecule has 2 heterocycles. The first-order chi connectivity index (χ1) is 24.9. The maximum absolute atomic E-state index is 12.4. The fourth-order valence-corrected chi connectivity index (χ4v) is 6.74. The number of hydrogen-bond donors (Lipinski definition) is 2. The summed E-state index contributed by atoms with van der Waals surface area (Å²) in [7, 11) is 0. The zero-order valence-electron chi connectivity index (χ0n) is 28.2. The van der Waals surface area contributed by atoms with Crippen LogP contribution in [0.4, 0.5) is 0 Å². The highest BCUT2D eigenvalue weighted by Crippen LogP contribution is 2.41. The number of esters is 1. The number of nitrogens with zero attached hydrogens (tertiary/aromatic N) is 1. The molecule has 0 saturated carbocycles. The molecule has 9 nitrogen and oxygen atoms in total. The molecule has 0 aliphatic carbocycles. The predicted octanol–water partition coefficient (Wildman–Crippen LogP) is 9.17. The molecule has 1 saturated heterocycles. The Labute approximate surface area is 301 Å². The third-order valence-electron chi connectivity index (χ3n) is 8.60. The second-order valence-corrected chi connectivity index (χ2v) is 13.4. The number of aliphatic hydroxyl groups excluding tert-OH is 1. The van der Waals surface area contributed by atoms with Gasteiger partial charge in [0.15, 0.2) is 12.1 Å². The van der Waals surface area contributed by atoms with Crippen molar-refractivity contribution in [3.63, 3.8) is 0 Å². The second-order valence-electron chi connectivity index (χ2n) is 12.4. The zero-order chi connectivity index (χ0) is 35.4. The molecular formula is C41H41NO8S. The van der Waals surface area contributed by atoms with Crippen LogP contribution in [0.2, 0.25) is 0 Å². The van der Waals surface area contributed by atoms with Crippen molar-refractivity contribution in [2.75, 3.05) is 5.75 Å². The summed E-state index contributed by atoms with van der Waals surface area (Å²) in [5, 5.41) is 18.9. The van der Waals surface area contributed by atoms with Crippen LogP contribution in [0.5, 0.6) is 5.75 Å². The summed E-state index contributed by atoms with van der Waals surface area (Å²) in [5.41, 5.74) is 5.31. The Kier molecular flexibility index (Phi) is 12.7. The van der Waals surface area contributed by atoms with E-state index in [1.807, 2.05) is 97.1 Å². The Balaban J connectivity index is 1.13. The number of carboxylic acids is 1. The van der Waals surface area contributed by atoms with Crippen molar-refractivity contribution >= 4 is 23.7 Å². The number of hydrogen-bond acceptors (Lipinski definition) is 9. The Morgan fingerprint density at radius 1 is 0.765 bits per heavy atom. The number of ether oxygens (including phenoxy) is 3. The first-order valence-corrected chi connectivity index (χ1v) is 18.2. The summed E-state index contributed by atoms with van der Waals surface area (Å²) in [4.78, 5) is 28.0. The normalized spacial score (nSPS) is 17.2. The molecule has 2 N–H and O–H groups in total. The van der Waals surface area contributed by atoms with E-state index >= 15 is 0 Å². The standard InChI is InChI=1S/C41H41NO8S/c43-26-28-17-19-29(20-18-28)35-25-34(27-51-41-42-38(30-11-5-3-6-12-30)39(50-41)31-13-7-4-8-14-31)48-40(49-35)32-21-23-33(24-22-32)47-37(46)16-10-2-1-9-15-36(44)45/h3-8,11-14,17-24,34-35,40,43H,1-2,9-10,15-16,25-27H2,(H,44,45)/t34-,35?,40+/m1/s1. The molecule has 0 amide bonds. The lowest BCUT2D eigenvalue weighted by Crippen LogP contribution is -2.31. The average molecular weight is 708 g/mol. The van der Waals surface area contributed by atoms with Gasteiger partial charge in [0.25, 0.3) is 5.22 Å². The van der Waals surface area contributed by atoms with E-state index in [9.17, 15) is 14.7 Å². The quantitative estimate of drug-likeness (QED) is 0.0443. The SMILES string of the molecule is O=C(O)CCCCCCC(=O)Oc1ccc([C@@H]2OC(c3ccc(CO)cc3)C[C@H](CSc3nc(-c4ccccc4)c(-c4ccccc4)o3)O2)cc1. The second kappa shape index (κ2) is 18.0. The van der Waals surface area contributed by atoms with Gasteiger partial charge in [0.1, 0.15) is 11.4 Å². The molecule has 1 unspecified atom stereocenters. The first-order valence-electron chi connectivity index (χ1n) is 17.2. The Hall–Kier alpha value is -4.74. The van der Waals surface area contributed by atoms with Crippen LogP contribution in [-0.4, -0.2) is 39.0 Å². The van der Waals surface area contributed by atoms with E-state index in [1.165, 1.54) is 11.8 Å². The van der Waals surface area contributed by atoms with Crippen LogP contribution in [0.1, 0.15) is 74.0 Å². The smallest absolute Gasteiger partial charge is 0.311 e. The van der Waals surface area contributed by atoms with E-state index in [0.29, 0.717) is 41.7 Å². The minimum atomic E-state index is -0.801. The molecule has 3 atom stereocenters. The number of carbonyl (C=O) groups excluding carboxylic acids is 1. The van der Waals surface area contributed by atoms with Crippen LogP contribution in [0.15, 0.2) is 119 Å². The molecule has 264 valence electrons. The van der Waals surface area contributed by atoms with Crippen molar-refractivity contribution in [3.8, 4) is 28.3 Å². The number of thioether (sulfide) groups is 1. The van der Waals surface area contributed by atoms with Crippen LogP contribution >= 0.6 is 11.8 Å². The van der Waals surface area contributed by atoms with Gasteiger partial charge in [-0.3, -0.25) is 9.59 Å². The zero-order valence-corrected chi connectivity index (χ0v) is 29.0. The largest absolute Gasteiger partial charge is 0.481 e. The Morgan fingerprint density at radius 3 is 2.08 bits per heavy atom. The topological polar surface area (TPSA) is 128 Å². The molecule has 1 aliphatic heterocycles. The molecule has 0 bridgehead atoms. The minimum absolute atomic E-state index is 0.0351. The molecule has 1 fully saturated rings. The summed E-state index contributed by atoms with van der Waals surface area (Å²) in [5.74, 6) is 0.589. The van der Waals surface area contributed by atoms with Gasteiger partial charge in [-0.1, -0.05) is 122 Å². The van der Waals surface area contributed by atoms with Crippen LogP contribution in [-0.2, 0) is 25.7 Å². The van der Waals surface area contributed by atoms with Crippen molar-refractivity contribution in [1.29, 1.82) is 0 Å². The number of aromatic nitrogens is 1. The molecular weight excluding hydrogens is 667 g/mol. The number of carbonyl (C=O) groups is 2. The summed E-state index contributed by atoms with van der Waals surface area (Å²) in [6.45, 7) is -0.0351. The summed E-state index contributed by atoms with van der Waals surface area (Å²) < 4.78 is 24.9. The molecule has 1 aromatic heterocycles. The Morgan fingerprint density at radius 2 is 1.41 bits per heavy atom. The van der Waals surface area contributed by atoms with Gasteiger partial charge in [-0.2, -0.15) is 0 Å². The number of oxazole rings is 1. The minimum Gasteiger partial charge on any atom is -0.481 e. The number of aliphatic hydroxyl groups is 1. The summed E-state index contributed by atoms with van der Waals surface area (Å²) in [6, 6.07) is 34.9. The number of rotatable bonds is 16. The van der Waals surface area contributed by atoms with Crippen molar-refractivity contribution in [2.45, 2.75) is 75.3 Å². The lowest BCUT2D eigenvalue weighted by atomic mass is 10.0. The van der Waals surface area contributed by atoms with Crippen LogP contribution in [0, 0.1) is 0 Å². The monoisotopic (exact) mass is 707 g/mol. The van der Waals surface area contributed by atoms with E-state index in [2.05, 4.69) is 0 Å². The van der Waals surface area contributed by atoms with Crippen molar-refractivity contribution < 1.29 is 38.4 Å². The molecule has 0 radical (unpaired) electrons. The summed E-state index contributed by atoms with van der Waals surface area (Å²) in [6.07, 6.45) is 2.67. The Bertz CT molecular complexity index is 1790. The maximum atomic E-state index is 12.4. The average Bonchev–Trinajstić information content (AvgIpc) is 3.61. The van der Waals surface area contributed by atoms with Gasteiger partial charge in [-0.05, 0) is 36.1 Å². The first kappa shape index (κ1) is 36.1. The predicted molar refractivity (Wildman–Crippen MR) is 194 cm³/mol. The third kappa shape index (κ3) is 10.2. The molecule has 4 aromatic carbocycles. The van der Waals surface area contributed by atoms with E-state index in [1.54, 1.807) is 12.1 Å². The number of aliphatic carboxylic acids is 1. The molecule has 0 spiro atoms. The third-order valence-corrected chi connectivity index (χ3v) is 9.56. The van der Waals surface area contributed by atoms with Gasteiger partial charge in [-0.25, -0.2) is 4.98 Å². The van der Waals surface area contributed by atoms with Gasteiger partial charge >= 0.3 is 11.9 Å². The number of unbranched alkanes of at least 4 members (excludes halogenated alkanes) is 3. The van der Waals surface area contributed by atoms with Gasteiger partial charge in [0.05, 0.1) is 18.8 Å². The van der Waals surface area contributed by atoms with Gasteiger partial charge < -0.3 is 28.8 Å². The molecule has 51 heavy (non-hydrogen) atoms. The van der Waals surface area contributed by atoms with Crippen molar-refractivity contribution in [3.05, 3.63) is 126 Å². The number of carboxylic acid groups (broad SMARTS) is 1. The van der Waals surface area contributed by atoms with Crippen LogP contribution in [0.25, 0.3) is 22.6 Å². The van der Waals surface area contributed by atoms with Crippen LogP contribution < -0.4 is 4.74 Å². The van der Waals surface area contributed by atoms with E-state index in [0.717, 1.165) is 46.4 Å². The highest BCUT2D eigenvalue weighted by atomic mass is 32.2. The highest BCUT2D eigenvalue weighted by molar-refractivity contribution is 7.99. The van der Waals surface area contributed by atoms with Crippen molar-refractivity contribution in [1.82, 2.24) is 4.98 Å². The van der Waals surface area contributed by atoms with E-state index in [4.69, 9.17) is 28.7 Å².